The molecule has 0 saturated heterocycles. The van der Waals surface area contributed by atoms with Crippen LogP contribution in [0, 0.1) is 20.8 Å². The van der Waals surface area contributed by atoms with Crippen molar-refractivity contribution in [2.75, 3.05) is 13.2 Å². The predicted molar refractivity (Wildman–Crippen MR) is 117 cm³/mol. The second kappa shape index (κ2) is 9.57. The monoisotopic (exact) mass is 410 g/mol. The zero-order valence-electron chi connectivity index (χ0n) is 18.6. The zero-order valence-corrected chi connectivity index (χ0v) is 18.6. The highest BCUT2D eigenvalue weighted by molar-refractivity contribution is 6.07. The largest absolute Gasteiger partial charge is 0.461 e. The fraction of sp³-hybridized carbons (Fsp3) is 0.375. The number of rotatable bonds is 8. The predicted octanol–water partition coefficient (Wildman–Crippen LogP) is 4.03. The Morgan fingerprint density at radius 3 is 2.40 bits per heavy atom. The summed E-state index contributed by atoms with van der Waals surface area (Å²) in [6.45, 7) is 13.1. The fourth-order valence-electron chi connectivity index (χ4n) is 3.70. The van der Waals surface area contributed by atoms with Gasteiger partial charge in [0.2, 0.25) is 0 Å². The molecule has 160 valence electrons. The molecule has 0 radical (unpaired) electrons. The van der Waals surface area contributed by atoms with Crippen molar-refractivity contribution in [2.24, 2.45) is 7.05 Å². The molecule has 1 amide bonds. The highest BCUT2D eigenvalue weighted by Gasteiger charge is 2.32. The molecule has 0 fully saturated rings. The van der Waals surface area contributed by atoms with E-state index in [1.165, 1.54) is 4.90 Å². The summed E-state index contributed by atoms with van der Waals surface area (Å²) >= 11 is 0. The van der Waals surface area contributed by atoms with Crippen molar-refractivity contribution in [3.63, 3.8) is 0 Å². The lowest BCUT2D eigenvalue weighted by Gasteiger charge is -2.28. The molecule has 6 nitrogen and oxygen atoms in total. The number of ketones is 1. The van der Waals surface area contributed by atoms with Gasteiger partial charge in [0.15, 0.2) is 5.78 Å². The smallest absolute Gasteiger partial charge is 0.355 e. The van der Waals surface area contributed by atoms with Crippen LogP contribution in [0.1, 0.15) is 61.9 Å². The van der Waals surface area contributed by atoms with Gasteiger partial charge in [-0.3, -0.25) is 9.59 Å². The molecule has 0 saturated carbocycles. The van der Waals surface area contributed by atoms with Crippen molar-refractivity contribution in [1.29, 1.82) is 0 Å². The molecule has 0 aliphatic carbocycles. The molecule has 0 aliphatic heterocycles. The zero-order chi connectivity index (χ0) is 22.6. The maximum absolute atomic E-state index is 13.5. The van der Waals surface area contributed by atoms with Gasteiger partial charge in [-0.2, -0.15) is 0 Å². The SMILES string of the molecule is C=CCN(C(=O)c1ccccc1C)[C@H](C)C(=O)c1c(C)c(C(=O)OCC)n(C)c1C. The number of aromatic nitrogens is 1. The van der Waals surface area contributed by atoms with E-state index in [-0.39, 0.29) is 24.8 Å². The molecule has 0 aliphatic rings. The molecule has 0 unspecified atom stereocenters. The van der Waals surface area contributed by atoms with Crippen molar-refractivity contribution in [3.8, 4) is 0 Å². The molecule has 1 aromatic heterocycles. The Hall–Kier alpha value is -3.15. The lowest BCUT2D eigenvalue weighted by Crippen LogP contribution is -2.44. The van der Waals surface area contributed by atoms with Crippen LogP contribution in [-0.2, 0) is 11.8 Å². The Bertz CT molecular complexity index is 987. The van der Waals surface area contributed by atoms with E-state index in [0.717, 1.165) is 5.56 Å². The Kier molecular flexibility index (Phi) is 7.38. The Morgan fingerprint density at radius 1 is 1.20 bits per heavy atom. The average molecular weight is 411 g/mol. The lowest BCUT2D eigenvalue weighted by molar-refractivity contribution is 0.0513. The second-order valence-electron chi connectivity index (χ2n) is 7.31. The van der Waals surface area contributed by atoms with Gasteiger partial charge in [-0.15, -0.1) is 6.58 Å². The molecule has 1 atom stereocenters. The topological polar surface area (TPSA) is 68.6 Å². The van der Waals surface area contributed by atoms with E-state index in [1.54, 1.807) is 57.5 Å². The van der Waals surface area contributed by atoms with Crippen LogP contribution in [0.3, 0.4) is 0 Å². The van der Waals surface area contributed by atoms with Crippen LogP contribution in [0.2, 0.25) is 0 Å². The molecule has 6 heteroatoms. The molecular formula is C24H30N2O4. The summed E-state index contributed by atoms with van der Waals surface area (Å²) in [5.74, 6) is -0.920. The summed E-state index contributed by atoms with van der Waals surface area (Å²) in [4.78, 5) is 40.6. The Labute approximate surface area is 178 Å². The van der Waals surface area contributed by atoms with E-state index >= 15 is 0 Å². The first-order valence-corrected chi connectivity index (χ1v) is 10.0. The number of benzene rings is 1. The standard InChI is InChI=1S/C24H30N2O4/c1-8-14-26(23(28)19-13-11-10-12-15(19)3)18(6)22(27)20-16(4)21(24(29)30-9-2)25(7)17(20)5/h8,10-13,18H,1,9,14H2,2-7H3/t18-/m1/s1. The summed E-state index contributed by atoms with van der Waals surface area (Å²) in [7, 11) is 1.73. The van der Waals surface area contributed by atoms with E-state index < -0.39 is 12.0 Å². The van der Waals surface area contributed by atoms with Crippen LogP contribution < -0.4 is 0 Å². The van der Waals surface area contributed by atoms with Crippen molar-refractivity contribution in [3.05, 3.63) is 70.6 Å². The Morgan fingerprint density at radius 2 is 1.83 bits per heavy atom. The third-order valence-electron chi connectivity index (χ3n) is 5.45. The number of ether oxygens (including phenoxy) is 1. The van der Waals surface area contributed by atoms with Gasteiger partial charge in [0.25, 0.3) is 5.91 Å². The van der Waals surface area contributed by atoms with Gasteiger partial charge in [0.05, 0.1) is 12.6 Å². The van der Waals surface area contributed by atoms with Crippen LogP contribution in [-0.4, -0.2) is 46.3 Å². The number of nitrogens with zero attached hydrogens (tertiary/aromatic N) is 2. The molecule has 2 aromatic rings. The highest BCUT2D eigenvalue weighted by atomic mass is 16.5. The maximum Gasteiger partial charge on any atom is 0.355 e. The van der Waals surface area contributed by atoms with Gasteiger partial charge < -0.3 is 14.2 Å². The number of carbonyl (C=O) groups is 3. The number of Topliss-reactive ketones (excluding diaryl/α,β-unsaturated/α-hetero) is 1. The third kappa shape index (κ3) is 4.22. The number of aryl methyl sites for hydroxylation is 1. The van der Waals surface area contributed by atoms with Gasteiger partial charge >= 0.3 is 5.97 Å². The average Bonchev–Trinajstić information content (AvgIpc) is 2.93. The van der Waals surface area contributed by atoms with E-state index in [9.17, 15) is 14.4 Å². The van der Waals surface area contributed by atoms with Crippen molar-refractivity contribution < 1.29 is 19.1 Å². The number of hydrogen-bond acceptors (Lipinski definition) is 4. The van der Waals surface area contributed by atoms with Gasteiger partial charge in [0, 0.05) is 30.4 Å². The van der Waals surface area contributed by atoms with Crippen LogP contribution in [0.15, 0.2) is 36.9 Å². The summed E-state index contributed by atoms with van der Waals surface area (Å²) in [5, 5.41) is 0. The summed E-state index contributed by atoms with van der Waals surface area (Å²) in [6.07, 6.45) is 1.61. The normalized spacial score (nSPS) is 11.7. The highest BCUT2D eigenvalue weighted by Crippen LogP contribution is 2.25. The minimum atomic E-state index is -0.732. The molecule has 30 heavy (non-hydrogen) atoms. The van der Waals surface area contributed by atoms with E-state index in [2.05, 4.69) is 6.58 Å². The second-order valence-corrected chi connectivity index (χ2v) is 7.31. The van der Waals surface area contributed by atoms with Crippen LogP contribution >= 0.6 is 0 Å². The van der Waals surface area contributed by atoms with E-state index in [1.807, 2.05) is 19.1 Å². The Balaban J connectivity index is 2.47. The van der Waals surface area contributed by atoms with Crippen LogP contribution in [0.4, 0.5) is 0 Å². The van der Waals surface area contributed by atoms with Crippen molar-refractivity contribution in [1.82, 2.24) is 9.47 Å². The fourth-order valence-corrected chi connectivity index (χ4v) is 3.70. The first-order valence-electron chi connectivity index (χ1n) is 10.0. The van der Waals surface area contributed by atoms with Crippen LogP contribution in [0.25, 0.3) is 0 Å². The number of amides is 1. The molecule has 0 spiro atoms. The minimum Gasteiger partial charge on any atom is -0.461 e. The number of carbonyl (C=O) groups excluding carboxylic acids is 3. The molecule has 2 rings (SSSR count). The number of esters is 1. The van der Waals surface area contributed by atoms with Gasteiger partial charge in [-0.25, -0.2) is 4.79 Å². The molecule has 1 aromatic carbocycles. The first kappa shape index (κ1) is 23.1. The minimum absolute atomic E-state index is 0.222. The third-order valence-corrected chi connectivity index (χ3v) is 5.45. The van der Waals surface area contributed by atoms with Gasteiger partial charge in [-0.1, -0.05) is 24.3 Å². The molecule has 1 heterocycles. The first-order chi connectivity index (χ1) is 14.2. The van der Waals surface area contributed by atoms with E-state index in [0.29, 0.717) is 28.1 Å². The van der Waals surface area contributed by atoms with Gasteiger partial charge in [-0.05, 0) is 51.8 Å². The molecular weight excluding hydrogens is 380 g/mol. The quantitative estimate of drug-likeness (QED) is 0.374. The van der Waals surface area contributed by atoms with Gasteiger partial charge in [0.1, 0.15) is 5.69 Å². The lowest BCUT2D eigenvalue weighted by atomic mass is 9.98. The number of hydrogen-bond donors (Lipinski definition) is 0. The van der Waals surface area contributed by atoms with Crippen molar-refractivity contribution in [2.45, 2.75) is 40.7 Å². The molecule has 0 bridgehead atoms. The molecule has 0 N–H and O–H groups in total. The van der Waals surface area contributed by atoms with Crippen molar-refractivity contribution >= 4 is 17.7 Å². The maximum atomic E-state index is 13.5. The summed E-state index contributed by atoms with van der Waals surface area (Å²) in [6, 6.07) is 6.55. The van der Waals surface area contributed by atoms with E-state index in [4.69, 9.17) is 4.74 Å². The summed E-state index contributed by atoms with van der Waals surface area (Å²) in [5.41, 5.74) is 3.41. The van der Waals surface area contributed by atoms with Crippen LogP contribution in [0.5, 0.6) is 0 Å². The summed E-state index contributed by atoms with van der Waals surface area (Å²) < 4.78 is 6.82.